The van der Waals surface area contributed by atoms with Gasteiger partial charge in [0.05, 0.1) is 40.3 Å². The molecule has 2 aliphatic carbocycles. The molecule has 2 aromatic heterocycles. The summed E-state index contributed by atoms with van der Waals surface area (Å²) in [6.45, 7) is 5.42. The van der Waals surface area contributed by atoms with E-state index in [0.29, 0.717) is 52.4 Å². The largest absolute Gasteiger partial charge is 0.488 e. The van der Waals surface area contributed by atoms with Crippen LogP contribution in [0.5, 0.6) is 5.75 Å². The molecule has 51 heavy (non-hydrogen) atoms. The minimum atomic E-state index is -0.475. The fourth-order valence-electron chi connectivity index (χ4n) is 8.95. The smallest absolute Gasteiger partial charge is 0.226 e. The van der Waals surface area contributed by atoms with Crippen LogP contribution in [0, 0.1) is 42.8 Å². The molecule has 2 unspecified atom stereocenters. The van der Waals surface area contributed by atoms with Crippen molar-refractivity contribution in [2.75, 3.05) is 13.1 Å². The molecule has 10 rings (SSSR count). The van der Waals surface area contributed by atoms with E-state index >= 15 is 4.39 Å². The average Bonchev–Trinajstić information content (AvgIpc) is 3.39. The fourth-order valence-corrected chi connectivity index (χ4v) is 9.35. The van der Waals surface area contributed by atoms with Gasteiger partial charge in [0.2, 0.25) is 5.91 Å². The molecule has 1 amide bonds. The maximum Gasteiger partial charge on any atom is 0.226 e. The number of benzene rings is 3. The number of nitriles is 1. The highest BCUT2D eigenvalue weighted by Crippen LogP contribution is 2.51. The minimum Gasteiger partial charge on any atom is -0.488 e. The highest BCUT2D eigenvalue weighted by atomic mass is 35.5. The number of fused-ring (bicyclic) bond motifs is 4. The van der Waals surface area contributed by atoms with E-state index in [9.17, 15) is 10.1 Å². The van der Waals surface area contributed by atoms with Crippen molar-refractivity contribution in [3.8, 4) is 22.9 Å². The lowest BCUT2D eigenvalue weighted by Crippen LogP contribution is -2.41. The third-order valence-corrected chi connectivity index (χ3v) is 12.4. The number of rotatable bonds is 8. The monoisotopic (exact) mass is 721 g/mol. The van der Waals surface area contributed by atoms with Crippen LogP contribution in [0.4, 0.5) is 4.39 Å². The van der Waals surface area contributed by atoms with Crippen molar-refractivity contribution in [2.45, 2.75) is 76.6 Å². The van der Waals surface area contributed by atoms with E-state index in [4.69, 9.17) is 32.9 Å². The molecule has 0 spiro atoms. The number of amides is 1. The summed E-state index contributed by atoms with van der Waals surface area (Å²) in [7, 11) is 0. The predicted octanol–water partition coefficient (Wildman–Crippen LogP) is 9.04. The van der Waals surface area contributed by atoms with Gasteiger partial charge in [0.1, 0.15) is 17.4 Å². The van der Waals surface area contributed by atoms with Crippen LogP contribution in [0.15, 0.2) is 54.6 Å². The summed E-state index contributed by atoms with van der Waals surface area (Å²) in [5, 5.41) is 15.6. The lowest BCUT2D eigenvalue weighted by atomic mass is 9.79. The van der Waals surface area contributed by atoms with Gasteiger partial charge in [-0.05, 0) is 86.9 Å². The van der Waals surface area contributed by atoms with Gasteiger partial charge in [-0.3, -0.25) is 4.79 Å². The Hall–Kier alpha value is -4.16. The highest BCUT2D eigenvalue weighted by Gasteiger charge is 2.51. The maximum atomic E-state index is 17.2. The van der Waals surface area contributed by atoms with Gasteiger partial charge in [-0.25, -0.2) is 9.37 Å². The van der Waals surface area contributed by atoms with Crippen molar-refractivity contribution in [1.29, 1.82) is 5.26 Å². The van der Waals surface area contributed by atoms with Crippen LogP contribution in [0.1, 0.15) is 66.7 Å². The first kappa shape index (κ1) is 32.7. The normalized spacial score (nSPS) is 23.9. The van der Waals surface area contributed by atoms with Crippen molar-refractivity contribution >= 4 is 50.9 Å². The molecule has 5 aliphatic rings. The van der Waals surface area contributed by atoms with Crippen LogP contribution in [0.25, 0.3) is 32.9 Å². The lowest BCUT2D eigenvalue weighted by molar-refractivity contribution is -0.133. The number of ether oxygens (including phenoxy) is 1. The summed E-state index contributed by atoms with van der Waals surface area (Å²) in [4.78, 5) is 21.0. The molecule has 10 heteroatoms. The number of hydrogen-bond acceptors (Lipinski definition) is 5. The molecular weight excluding hydrogens is 684 g/mol. The van der Waals surface area contributed by atoms with Gasteiger partial charge in [-0.1, -0.05) is 47.5 Å². The minimum absolute atomic E-state index is 0.0577. The summed E-state index contributed by atoms with van der Waals surface area (Å²) in [6, 6.07) is 20.0. The summed E-state index contributed by atoms with van der Waals surface area (Å²) < 4.78 is 26.2. The van der Waals surface area contributed by atoms with Gasteiger partial charge >= 0.3 is 0 Å². The van der Waals surface area contributed by atoms with Gasteiger partial charge in [0.15, 0.2) is 5.82 Å². The topological polar surface area (TPSA) is 83.2 Å². The van der Waals surface area contributed by atoms with Gasteiger partial charge in [-0.15, -0.1) is 0 Å². The fraction of sp³-hybridized carbons (Fsp3) is 0.390. The van der Waals surface area contributed by atoms with Crippen molar-refractivity contribution < 1.29 is 13.9 Å². The SMILES string of the molecule is Cc1cccc(O[C@H]2C[C@H](c3cc4c(C)nc5c(F)c(-c6cccc(Cl)c6Cl)c(CCC#N)cc5c4n3[C@H]3C4CNC3C4)N(C(=O)C3CC3)C2)c1. The molecule has 2 bridgehead atoms. The Morgan fingerprint density at radius 2 is 1.92 bits per heavy atom. The van der Waals surface area contributed by atoms with Crippen LogP contribution >= 0.6 is 23.2 Å². The van der Waals surface area contributed by atoms with Crippen molar-refractivity contribution in [3.05, 3.63) is 93.0 Å². The zero-order valence-corrected chi connectivity index (χ0v) is 30.1. The number of aryl methyl sites for hydroxylation is 3. The number of carbonyl (C=O) groups is 1. The lowest BCUT2D eigenvalue weighted by Gasteiger charge is -2.39. The number of nitrogens with one attached hydrogen (secondary N) is 1. The van der Waals surface area contributed by atoms with Crippen molar-refractivity contribution in [1.82, 2.24) is 19.8 Å². The van der Waals surface area contributed by atoms with Crippen LogP contribution in [0.3, 0.4) is 0 Å². The Kier molecular flexibility index (Phi) is 8.03. The van der Waals surface area contributed by atoms with E-state index in [1.54, 1.807) is 18.2 Å². The molecule has 0 radical (unpaired) electrons. The predicted molar refractivity (Wildman–Crippen MR) is 198 cm³/mol. The van der Waals surface area contributed by atoms with E-state index in [1.807, 2.05) is 31.2 Å². The first-order valence-corrected chi connectivity index (χ1v) is 18.7. The third kappa shape index (κ3) is 5.39. The van der Waals surface area contributed by atoms with Crippen molar-refractivity contribution in [3.63, 3.8) is 0 Å². The van der Waals surface area contributed by atoms with E-state index < -0.39 is 5.82 Å². The molecule has 3 saturated heterocycles. The first-order valence-electron chi connectivity index (χ1n) is 18.0. The molecule has 260 valence electrons. The Morgan fingerprint density at radius 3 is 2.65 bits per heavy atom. The Bertz CT molecular complexity index is 2280. The number of pyridine rings is 1. The second kappa shape index (κ2) is 12.5. The second-order valence-corrected chi connectivity index (χ2v) is 15.6. The zero-order valence-electron chi connectivity index (χ0n) is 28.6. The summed E-state index contributed by atoms with van der Waals surface area (Å²) in [5.41, 5.74) is 5.57. The van der Waals surface area contributed by atoms with Crippen LogP contribution in [-0.4, -0.2) is 45.6 Å². The Balaban J connectivity index is 1.26. The molecule has 2 saturated carbocycles. The van der Waals surface area contributed by atoms with Crippen molar-refractivity contribution in [2.24, 2.45) is 11.8 Å². The number of halogens is 3. The van der Waals surface area contributed by atoms with Gasteiger partial charge in [-0.2, -0.15) is 5.26 Å². The standard InChI is InChI=1S/C41H38Cl2FN5O2/c1-21-6-3-8-26(14-21)51-27-17-33(48(20-27)41(50)23-11-12-23)34-18-29-22(2)47-38-30(40(29)49(34)39-25-16-32(39)46-19-25)15-24(7-5-13-45)35(37(38)44)28-9-4-10-31(42)36(28)43/h3-4,6,8-10,14-15,18,23,25,27,32-33,39,46H,5,7,11-12,16-17,19-20H2,1-2H3/t25?,27-,32?,33+,39-/m0/s1. The zero-order chi connectivity index (χ0) is 35.1. The van der Waals surface area contributed by atoms with E-state index in [2.05, 4.69) is 39.9 Å². The summed E-state index contributed by atoms with van der Waals surface area (Å²) >= 11 is 13.1. The molecule has 5 fully saturated rings. The van der Waals surface area contributed by atoms with E-state index in [-0.39, 0.29) is 53.0 Å². The summed E-state index contributed by atoms with van der Waals surface area (Å²) in [5.74, 6) is 1.00. The second-order valence-electron chi connectivity index (χ2n) is 14.9. The first-order chi connectivity index (χ1) is 24.7. The van der Waals surface area contributed by atoms with Gasteiger partial charge < -0.3 is 19.5 Å². The van der Waals surface area contributed by atoms with Gasteiger partial charge in [0.25, 0.3) is 0 Å². The number of aromatic nitrogens is 2. The Labute approximate surface area is 306 Å². The number of nitrogens with zero attached hydrogens (tertiary/aromatic N) is 4. The number of carbonyl (C=O) groups excluding carboxylic acids is 1. The third-order valence-electron chi connectivity index (χ3n) is 11.5. The molecule has 5 aromatic rings. The molecule has 3 aliphatic heterocycles. The molecule has 5 atom stereocenters. The molecular formula is C41H38Cl2FN5O2. The highest BCUT2D eigenvalue weighted by molar-refractivity contribution is 6.43. The molecule has 5 heterocycles. The number of hydrogen-bond donors (Lipinski definition) is 1. The maximum absolute atomic E-state index is 17.2. The van der Waals surface area contributed by atoms with Crippen LogP contribution in [0.2, 0.25) is 10.0 Å². The van der Waals surface area contributed by atoms with Gasteiger partial charge in [0, 0.05) is 64.6 Å². The molecule has 7 nitrogen and oxygen atoms in total. The molecule has 1 N–H and O–H groups in total. The summed E-state index contributed by atoms with van der Waals surface area (Å²) in [6.07, 6.45) is 3.96. The quantitative estimate of drug-likeness (QED) is 0.173. The average molecular weight is 723 g/mol. The number of likely N-dealkylation sites (tertiary alicyclic amines) is 1. The van der Waals surface area contributed by atoms with E-state index in [1.165, 1.54) is 0 Å². The molecule has 3 aromatic carbocycles. The van der Waals surface area contributed by atoms with E-state index in [0.717, 1.165) is 59.4 Å². The Morgan fingerprint density at radius 1 is 1.10 bits per heavy atom. The van der Waals surface area contributed by atoms with Crippen LogP contribution in [-0.2, 0) is 11.2 Å². The van der Waals surface area contributed by atoms with Crippen LogP contribution < -0.4 is 10.1 Å².